The average Bonchev–Trinajstić information content (AvgIpc) is 2.99. The summed E-state index contributed by atoms with van der Waals surface area (Å²) < 4.78 is 32.5. The highest BCUT2D eigenvalue weighted by molar-refractivity contribution is 6.29. The summed E-state index contributed by atoms with van der Waals surface area (Å²) in [7, 11) is 1.62. The number of nitrogens with zero attached hydrogens (tertiary/aromatic N) is 5. The van der Waals surface area contributed by atoms with E-state index in [0.717, 1.165) is 4.57 Å². The molecule has 0 aliphatic heterocycles. The molecule has 2 aromatic heterocycles. The van der Waals surface area contributed by atoms with Crippen molar-refractivity contribution < 1.29 is 18.3 Å². The highest BCUT2D eigenvalue weighted by Crippen LogP contribution is 2.23. The third-order valence-electron chi connectivity index (χ3n) is 3.60. The van der Waals surface area contributed by atoms with Crippen molar-refractivity contribution in [3.63, 3.8) is 0 Å². The van der Waals surface area contributed by atoms with Crippen molar-refractivity contribution in [2.24, 2.45) is 0 Å². The van der Waals surface area contributed by atoms with E-state index < -0.39 is 12.5 Å². The number of hydrogen-bond acceptors (Lipinski definition) is 6. The number of carbonyl (C=O) groups excluding carboxylic acids is 1. The zero-order valence-electron chi connectivity index (χ0n) is 13.6. The third kappa shape index (κ3) is 3.88. The fourth-order valence-corrected chi connectivity index (χ4v) is 2.49. The van der Waals surface area contributed by atoms with E-state index in [1.165, 1.54) is 17.0 Å². The predicted octanol–water partition coefficient (Wildman–Crippen LogP) is 3.05. The van der Waals surface area contributed by atoms with Crippen LogP contribution in [0.1, 0.15) is 12.4 Å². The monoisotopic (exact) mass is 381 g/mol. The Bertz CT molecular complexity index is 917. The number of imidazole rings is 1. The first kappa shape index (κ1) is 18.0. The Morgan fingerprint density at radius 2 is 2.04 bits per heavy atom. The maximum Gasteiger partial charge on any atom is 0.326 e. The van der Waals surface area contributed by atoms with E-state index in [-0.39, 0.29) is 29.6 Å². The maximum absolute atomic E-state index is 13.3. The van der Waals surface area contributed by atoms with Gasteiger partial charge in [-0.05, 0) is 24.3 Å². The van der Waals surface area contributed by atoms with Crippen molar-refractivity contribution in [2.75, 3.05) is 18.5 Å². The summed E-state index contributed by atoms with van der Waals surface area (Å²) in [6.45, 7) is -3.29. The Morgan fingerprint density at radius 3 is 2.73 bits per heavy atom. The van der Waals surface area contributed by atoms with Crippen LogP contribution >= 0.6 is 11.6 Å². The molecule has 0 amide bonds. The standard InChI is InChI=1S/C16H14ClF2N5O2/c1-23(13-7-6-12(17)21-22-13)8-15(25)26-9-14-20-10-4-2-3-5-11(10)24(14)16(18)19/h2-7,16H,8-9H2,1H3. The fraction of sp³-hybridized carbons (Fsp3) is 0.250. The molecule has 3 aromatic rings. The smallest absolute Gasteiger partial charge is 0.326 e. The normalized spacial score (nSPS) is 11.1. The molecular formula is C16H14ClF2N5O2. The van der Waals surface area contributed by atoms with Gasteiger partial charge in [0.25, 0.3) is 0 Å². The summed E-state index contributed by atoms with van der Waals surface area (Å²) in [5.74, 6) is -0.216. The molecule has 136 valence electrons. The minimum Gasteiger partial charge on any atom is -0.456 e. The van der Waals surface area contributed by atoms with Gasteiger partial charge in [0.05, 0.1) is 11.0 Å². The number of esters is 1. The van der Waals surface area contributed by atoms with Crippen LogP contribution in [0, 0.1) is 0 Å². The van der Waals surface area contributed by atoms with Gasteiger partial charge in [0, 0.05) is 7.05 Å². The van der Waals surface area contributed by atoms with Crippen molar-refractivity contribution in [1.82, 2.24) is 19.7 Å². The average molecular weight is 382 g/mol. The Hall–Kier alpha value is -2.81. The van der Waals surface area contributed by atoms with Crippen molar-refractivity contribution in [2.45, 2.75) is 13.2 Å². The number of ether oxygens (including phenoxy) is 1. The largest absolute Gasteiger partial charge is 0.456 e. The molecule has 0 aliphatic rings. The first-order valence-corrected chi connectivity index (χ1v) is 7.93. The summed E-state index contributed by atoms with van der Waals surface area (Å²) in [6.07, 6.45) is 0. The van der Waals surface area contributed by atoms with Gasteiger partial charge < -0.3 is 9.64 Å². The Kier molecular flexibility index (Phi) is 5.27. The number of aromatic nitrogens is 4. The predicted molar refractivity (Wildman–Crippen MR) is 91.1 cm³/mol. The molecule has 0 saturated carbocycles. The van der Waals surface area contributed by atoms with Crippen LogP contribution in [0.2, 0.25) is 5.15 Å². The lowest BCUT2D eigenvalue weighted by atomic mass is 10.3. The molecule has 7 nitrogen and oxygen atoms in total. The van der Waals surface area contributed by atoms with E-state index in [0.29, 0.717) is 11.3 Å². The number of benzene rings is 1. The first-order chi connectivity index (χ1) is 12.5. The second-order valence-corrected chi connectivity index (χ2v) is 5.78. The highest BCUT2D eigenvalue weighted by atomic mass is 35.5. The number of alkyl halides is 2. The second kappa shape index (κ2) is 7.61. The van der Waals surface area contributed by atoms with Gasteiger partial charge in [-0.1, -0.05) is 23.7 Å². The van der Waals surface area contributed by atoms with Gasteiger partial charge in [-0.15, -0.1) is 10.2 Å². The lowest BCUT2D eigenvalue weighted by Crippen LogP contribution is -2.28. The lowest BCUT2D eigenvalue weighted by Gasteiger charge is -2.16. The summed E-state index contributed by atoms with van der Waals surface area (Å²) in [5.41, 5.74) is 0.689. The molecule has 0 aliphatic carbocycles. The Labute approximate surface area is 152 Å². The number of rotatable bonds is 6. The van der Waals surface area contributed by atoms with Crippen LogP contribution in [0.3, 0.4) is 0 Å². The van der Waals surface area contributed by atoms with E-state index in [1.54, 1.807) is 31.3 Å². The van der Waals surface area contributed by atoms with Crippen LogP contribution in [0.4, 0.5) is 14.6 Å². The van der Waals surface area contributed by atoms with Crippen LogP contribution in [-0.2, 0) is 16.1 Å². The Balaban J connectivity index is 1.67. The van der Waals surface area contributed by atoms with E-state index in [4.69, 9.17) is 16.3 Å². The van der Waals surface area contributed by atoms with E-state index >= 15 is 0 Å². The molecule has 3 rings (SSSR count). The topological polar surface area (TPSA) is 73.1 Å². The lowest BCUT2D eigenvalue weighted by molar-refractivity contribution is -0.143. The van der Waals surface area contributed by atoms with E-state index in [2.05, 4.69) is 15.2 Å². The molecule has 0 N–H and O–H groups in total. The first-order valence-electron chi connectivity index (χ1n) is 7.55. The van der Waals surface area contributed by atoms with Crippen LogP contribution in [0.25, 0.3) is 11.0 Å². The molecule has 2 heterocycles. The van der Waals surface area contributed by atoms with E-state index in [1.807, 2.05) is 0 Å². The summed E-state index contributed by atoms with van der Waals surface area (Å²) in [5, 5.41) is 7.75. The summed E-state index contributed by atoms with van der Waals surface area (Å²) in [6, 6.07) is 9.62. The van der Waals surface area contributed by atoms with Gasteiger partial charge in [-0.3, -0.25) is 9.36 Å². The van der Waals surface area contributed by atoms with Crippen LogP contribution in [0.15, 0.2) is 36.4 Å². The molecule has 0 unspecified atom stereocenters. The van der Waals surface area contributed by atoms with Crippen LogP contribution in [-0.4, -0.2) is 39.3 Å². The van der Waals surface area contributed by atoms with Crippen molar-refractivity contribution in [3.05, 3.63) is 47.4 Å². The SMILES string of the molecule is CN(CC(=O)OCc1nc2ccccc2n1C(F)F)c1ccc(Cl)nn1. The molecule has 0 atom stereocenters. The number of halogens is 3. The van der Waals surface area contributed by atoms with Gasteiger partial charge >= 0.3 is 12.5 Å². The molecule has 0 bridgehead atoms. The van der Waals surface area contributed by atoms with Crippen LogP contribution in [0.5, 0.6) is 0 Å². The quantitative estimate of drug-likeness (QED) is 0.611. The maximum atomic E-state index is 13.3. The Morgan fingerprint density at radius 1 is 1.27 bits per heavy atom. The molecule has 1 aromatic carbocycles. The number of anilines is 1. The van der Waals surface area contributed by atoms with Gasteiger partial charge in [0.15, 0.2) is 16.8 Å². The van der Waals surface area contributed by atoms with Crippen molar-refractivity contribution in [3.8, 4) is 0 Å². The molecule has 0 saturated heterocycles. The molecular weight excluding hydrogens is 368 g/mol. The fourth-order valence-electron chi connectivity index (χ4n) is 2.39. The number of hydrogen-bond donors (Lipinski definition) is 0. The molecule has 0 fully saturated rings. The third-order valence-corrected chi connectivity index (χ3v) is 3.80. The molecule has 0 radical (unpaired) electrons. The molecule has 0 spiro atoms. The van der Waals surface area contributed by atoms with Gasteiger partial charge in [-0.25, -0.2) is 4.98 Å². The van der Waals surface area contributed by atoms with Gasteiger partial charge in [0.2, 0.25) is 0 Å². The summed E-state index contributed by atoms with van der Waals surface area (Å²) >= 11 is 5.66. The number of para-hydroxylation sites is 2. The minimum atomic E-state index is -2.79. The van der Waals surface area contributed by atoms with Gasteiger partial charge in [-0.2, -0.15) is 8.78 Å². The van der Waals surface area contributed by atoms with Gasteiger partial charge in [0.1, 0.15) is 13.2 Å². The second-order valence-electron chi connectivity index (χ2n) is 5.40. The van der Waals surface area contributed by atoms with Crippen molar-refractivity contribution >= 4 is 34.4 Å². The number of likely N-dealkylation sites (N-methyl/N-ethyl adjacent to an activating group) is 1. The van der Waals surface area contributed by atoms with Crippen molar-refractivity contribution in [1.29, 1.82) is 0 Å². The highest BCUT2D eigenvalue weighted by Gasteiger charge is 2.19. The minimum absolute atomic E-state index is 0.0245. The molecule has 10 heteroatoms. The number of carbonyl (C=O) groups is 1. The summed E-state index contributed by atoms with van der Waals surface area (Å²) in [4.78, 5) is 17.6. The number of fused-ring (bicyclic) bond motifs is 1. The zero-order valence-corrected chi connectivity index (χ0v) is 14.4. The molecule has 26 heavy (non-hydrogen) atoms. The zero-order chi connectivity index (χ0) is 18.7. The van der Waals surface area contributed by atoms with E-state index in [9.17, 15) is 13.6 Å². The van der Waals surface area contributed by atoms with Crippen LogP contribution < -0.4 is 4.90 Å².